The van der Waals surface area contributed by atoms with Gasteiger partial charge in [-0.2, -0.15) is 0 Å². The van der Waals surface area contributed by atoms with E-state index in [9.17, 15) is 4.79 Å². The summed E-state index contributed by atoms with van der Waals surface area (Å²) in [5.74, 6) is 0.707. The molecule has 5 aromatic rings. The predicted octanol–water partition coefficient (Wildman–Crippen LogP) is 6.25. The first-order chi connectivity index (χ1) is 17.7. The van der Waals surface area contributed by atoms with Crippen molar-refractivity contribution >= 4 is 61.3 Å². The molecule has 2 aromatic carbocycles. The third kappa shape index (κ3) is 4.36. The number of anilines is 3. The molecule has 2 amide bonds. The molecule has 0 radical (unpaired) electrons. The van der Waals surface area contributed by atoms with Crippen LogP contribution in [-0.4, -0.2) is 46.1 Å². The van der Waals surface area contributed by atoms with Gasteiger partial charge in [-0.15, -0.1) is 11.3 Å². The highest BCUT2D eigenvalue weighted by molar-refractivity contribution is 7.16. The Labute approximate surface area is 211 Å². The first-order valence-corrected chi connectivity index (χ1v) is 12.5. The van der Waals surface area contributed by atoms with E-state index in [1.165, 1.54) is 5.57 Å². The number of aromatic nitrogens is 3. The molecule has 8 nitrogen and oxygen atoms in total. The first-order valence-electron chi connectivity index (χ1n) is 11.6. The molecular weight excluding hydrogens is 472 g/mol. The Bertz CT molecular complexity index is 1600. The SMILES string of the molecule is COc1cccc(NC(=O)N2CC=C(c3cc4c(Nc5ccc6ncsc6c5)ccnc4[nH]3)CC2)c1. The van der Waals surface area contributed by atoms with Crippen molar-refractivity contribution < 1.29 is 9.53 Å². The second kappa shape index (κ2) is 9.35. The van der Waals surface area contributed by atoms with Gasteiger partial charge in [-0.05, 0) is 54.5 Å². The number of carbonyl (C=O) groups excluding carboxylic acids is 1. The number of fused-ring (bicyclic) bond motifs is 2. The average Bonchev–Trinajstić information content (AvgIpc) is 3.56. The fourth-order valence-electron chi connectivity index (χ4n) is 4.40. The zero-order chi connectivity index (χ0) is 24.5. The number of methoxy groups -OCH3 is 1. The molecule has 0 bridgehead atoms. The van der Waals surface area contributed by atoms with Gasteiger partial charge in [0.1, 0.15) is 11.4 Å². The number of amides is 2. The summed E-state index contributed by atoms with van der Waals surface area (Å²) in [6, 6.07) is 17.5. The lowest BCUT2D eigenvalue weighted by molar-refractivity contribution is 0.217. The van der Waals surface area contributed by atoms with Crippen molar-refractivity contribution in [2.75, 3.05) is 30.8 Å². The third-order valence-corrected chi connectivity index (χ3v) is 7.10. The number of rotatable bonds is 5. The molecule has 0 atom stereocenters. The molecule has 4 heterocycles. The number of carbonyl (C=O) groups is 1. The molecule has 0 saturated carbocycles. The van der Waals surface area contributed by atoms with Crippen LogP contribution in [0.3, 0.4) is 0 Å². The van der Waals surface area contributed by atoms with E-state index in [0.29, 0.717) is 24.5 Å². The fraction of sp³-hybridized carbons (Fsp3) is 0.148. The van der Waals surface area contributed by atoms with Gasteiger partial charge in [0.15, 0.2) is 0 Å². The Morgan fingerprint density at radius 3 is 2.92 bits per heavy atom. The second-order valence-electron chi connectivity index (χ2n) is 8.55. The topological polar surface area (TPSA) is 95.2 Å². The van der Waals surface area contributed by atoms with Crippen LogP contribution in [0.2, 0.25) is 0 Å². The third-order valence-electron chi connectivity index (χ3n) is 6.31. The van der Waals surface area contributed by atoms with Crippen LogP contribution < -0.4 is 15.4 Å². The molecule has 3 N–H and O–H groups in total. The van der Waals surface area contributed by atoms with Gasteiger partial charge in [0.2, 0.25) is 0 Å². The van der Waals surface area contributed by atoms with Crippen LogP contribution in [-0.2, 0) is 0 Å². The minimum atomic E-state index is -0.124. The second-order valence-corrected chi connectivity index (χ2v) is 9.44. The minimum absolute atomic E-state index is 0.124. The number of pyridine rings is 1. The van der Waals surface area contributed by atoms with Gasteiger partial charge in [0.05, 0.1) is 28.5 Å². The van der Waals surface area contributed by atoms with Crippen molar-refractivity contribution in [1.29, 1.82) is 0 Å². The van der Waals surface area contributed by atoms with Crippen LogP contribution in [0.1, 0.15) is 12.1 Å². The molecule has 1 aliphatic rings. The van der Waals surface area contributed by atoms with E-state index in [-0.39, 0.29) is 6.03 Å². The van der Waals surface area contributed by atoms with Crippen molar-refractivity contribution in [2.45, 2.75) is 6.42 Å². The zero-order valence-electron chi connectivity index (χ0n) is 19.6. The Balaban J connectivity index is 1.18. The number of thiazole rings is 1. The van der Waals surface area contributed by atoms with Gasteiger partial charge in [-0.1, -0.05) is 12.1 Å². The molecule has 0 fully saturated rings. The summed E-state index contributed by atoms with van der Waals surface area (Å²) < 4.78 is 6.38. The highest BCUT2D eigenvalue weighted by Gasteiger charge is 2.20. The molecule has 0 saturated heterocycles. The number of hydrogen-bond acceptors (Lipinski definition) is 6. The van der Waals surface area contributed by atoms with E-state index >= 15 is 0 Å². The van der Waals surface area contributed by atoms with Crippen LogP contribution in [0, 0.1) is 0 Å². The molecule has 9 heteroatoms. The van der Waals surface area contributed by atoms with Gasteiger partial charge in [0.25, 0.3) is 0 Å². The van der Waals surface area contributed by atoms with E-state index in [0.717, 1.165) is 44.7 Å². The first kappa shape index (κ1) is 22.1. The minimum Gasteiger partial charge on any atom is -0.497 e. The standard InChI is InChI=1S/C27H24N6O2S/c1-35-20-4-2-3-18(13-20)31-27(34)33-11-8-17(9-12-33)24-15-21-22(7-10-28-26(21)32-24)30-19-5-6-23-25(14-19)36-16-29-23/h2-8,10,13-16H,9,11-12H2,1H3,(H,31,34)(H2,28,30,32). The maximum atomic E-state index is 12.7. The molecule has 6 rings (SSSR count). The summed E-state index contributed by atoms with van der Waals surface area (Å²) >= 11 is 1.63. The number of hydrogen-bond donors (Lipinski definition) is 3. The van der Waals surface area contributed by atoms with E-state index in [2.05, 4.69) is 43.8 Å². The number of aromatic amines is 1. The summed E-state index contributed by atoms with van der Waals surface area (Å²) in [4.78, 5) is 26.9. The number of urea groups is 1. The average molecular weight is 497 g/mol. The Kier molecular flexibility index (Phi) is 5.74. The predicted molar refractivity (Wildman–Crippen MR) is 145 cm³/mol. The lowest BCUT2D eigenvalue weighted by atomic mass is 10.0. The van der Waals surface area contributed by atoms with E-state index < -0.39 is 0 Å². The van der Waals surface area contributed by atoms with E-state index in [1.807, 2.05) is 48.0 Å². The lowest BCUT2D eigenvalue weighted by Gasteiger charge is -2.26. The van der Waals surface area contributed by atoms with Crippen molar-refractivity contribution in [3.05, 3.63) is 78.1 Å². The molecule has 3 aromatic heterocycles. The highest BCUT2D eigenvalue weighted by atomic mass is 32.1. The van der Waals surface area contributed by atoms with E-state index in [1.54, 1.807) is 29.5 Å². The molecule has 36 heavy (non-hydrogen) atoms. The number of benzene rings is 2. The van der Waals surface area contributed by atoms with Gasteiger partial charge in [-0.25, -0.2) is 14.8 Å². The van der Waals surface area contributed by atoms with Crippen molar-refractivity contribution in [2.24, 2.45) is 0 Å². The summed E-state index contributed by atoms with van der Waals surface area (Å²) in [7, 11) is 1.61. The van der Waals surface area contributed by atoms with Crippen LogP contribution in [0.15, 0.2) is 72.4 Å². The number of ether oxygens (including phenoxy) is 1. The highest BCUT2D eigenvalue weighted by Crippen LogP contribution is 2.31. The van der Waals surface area contributed by atoms with Gasteiger partial charge >= 0.3 is 6.03 Å². The smallest absolute Gasteiger partial charge is 0.322 e. The largest absolute Gasteiger partial charge is 0.497 e. The molecule has 0 unspecified atom stereocenters. The summed E-state index contributed by atoms with van der Waals surface area (Å²) in [5.41, 5.74) is 8.61. The maximum absolute atomic E-state index is 12.7. The number of nitrogens with one attached hydrogen (secondary N) is 3. The van der Waals surface area contributed by atoms with Crippen molar-refractivity contribution in [3.63, 3.8) is 0 Å². The van der Waals surface area contributed by atoms with Crippen LogP contribution >= 0.6 is 11.3 Å². The lowest BCUT2D eigenvalue weighted by Crippen LogP contribution is -2.37. The van der Waals surface area contributed by atoms with Crippen molar-refractivity contribution in [3.8, 4) is 5.75 Å². The van der Waals surface area contributed by atoms with Crippen LogP contribution in [0.5, 0.6) is 5.75 Å². The monoisotopic (exact) mass is 496 g/mol. The fourth-order valence-corrected chi connectivity index (χ4v) is 5.12. The van der Waals surface area contributed by atoms with E-state index in [4.69, 9.17) is 4.74 Å². The number of nitrogens with zero attached hydrogens (tertiary/aromatic N) is 3. The Hall–Kier alpha value is -4.37. The Morgan fingerprint density at radius 2 is 2.06 bits per heavy atom. The maximum Gasteiger partial charge on any atom is 0.322 e. The summed E-state index contributed by atoms with van der Waals surface area (Å²) in [5, 5.41) is 7.50. The zero-order valence-corrected chi connectivity index (χ0v) is 20.4. The molecular formula is C27H24N6O2S. The van der Waals surface area contributed by atoms with Crippen LogP contribution in [0.4, 0.5) is 21.9 Å². The van der Waals surface area contributed by atoms with Gasteiger partial charge < -0.3 is 25.3 Å². The Morgan fingerprint density at radius 1 is 1.11 bits per heavy atom. The molecule has 0 spiro atoms. The van der Waals surface area contributed by atoms with Gasteiger partial charge in [-0.3, -0.25) is 0 Å². The molecule has 0 aliphatic carbocycles. The van der Waals surface area contributed by atoms with Crippen LogP contribution in [0.25, 0.3) is 26.8 Å². The normalized spacial score (nSPS) is 13.6. The van der Waals surface area contributed by atoms with Crippen molar-refractivity contribution in [1.82, 2.24) is 19.9 Å². The number of H-pyrrole nitrogens is 1. The van der Waals surface area contributed by atoms with Gasteiger partial charge in [0, 0.05) is 47.8 Å². The molecule has 1 aliphatic heterocycles. The molecule has 180 valence electrons. The summed E-state index contributed by atoms with van der Waals surface area (Å²) in [6.45, 7) is 1.16. The quantitative estimate of drug-likeness (QED) is 0.267. The summed E-state index contributed by atoms with van der Waals surface area (Å²) in [6.07, 6.45) is 4.66.